The first-order chi connectivity index (χ1) is 26.9. The summed E-state index contributed by atoms with van der Waals surface area (Å²) in [6, 6.07) is 24.9. The Hall–Kier alpha value is -5.90. The monoisotopic (exact) mass is 814 g/mol. The van der Waals surface area contributed by atoms with Gasteiger partial charge in [-0.25, -0.2) is 9.98 Å². The first kappa shape index (κ1) is 38.9. The first-order valence-corrected chi connectivity index (χ1v) is 19.3. The van der Waals surface area contributed by atoms with Gasteiger partial charge in [-0.2, -0.15) is 0 Å². The molecule has 9 rings (SSSR count). The molecule has 1 unspecified atom stereocenters. The Bertz CT molecular complexity index is 2760. The minimum absolute atomic E-state index is 0. The number of aromatic nitrogens is 1. The van der Waals surface area contributed by atoms with Gasteiger partial charge in [-0.05, 0) is 91.2 Å². The molecule has 0 spiro atoms. The second kappa shape index (κ2) is 13.6. The molecule has 0 saturated carbocycles. The summed E-state index contributed by atoms with van der Waals surface area (Å²) in [5, 5.41) is 13.5. The van der Waals surface area contributed by atoms with Gasteiger partial charge < -0.3 is 35.9 Å². The molecule has 10 nitrogen and oxygen atoms in total. The number of carbonyl (C=O) groups excluding carboxylic acids is 1. The van der Waals surface area contributed by atoms with Gasteiger partial charge in [0.05, 0.1) is 23.7 Å². The predicted molar refractivity (Wildman–Crippen MR) is 233 cm³/mol. The van der Waals surface area contributed by atoms with Crippen LogP contribution in [0.1, 0.15) is 119 Å². The Morgan fingerprint density at radius 1 is 0.638 bits per heavy atom. The van der Waals surface area contributed by atoms with Crippen LogP contribution in [0.15, 0.2) is 110 Å². The number of nitrogens with zero attached hydrogens (tertiary/aromatic N) is 7. The fourth-order valence-electron chi connectivity index (χ4n) is 7.54. The molecular weight excluding hydrogens is 770 g/mol. The van der Waals surface area contributed by atoms with Gasteiger partial charge in [-0.1, -0.05) is 117 Å². The summed E-state index contributed by atoms with van der Waals surface area (Å²) in [6.45, 7) is 23.4. The van der Waals surface area contributed by atoms with Crippen LogP contribution in [0, 0.1) is 0 Å². The molecule has 2 N–H and O–H groups in total. The van der Waals surface area contributed by atoms with E-state index in [0.29, 0.717) is 46.5 Å². The van der Waals surface area contributed by atoms with Crippen molar-refractivity contribution in [1.82, 2.24) is 10.3 Å². The molecule has 8 bridgehead atoms. The summed E-state index contributed by atoms with van der Waals surface area (Å²) in [7, 11) is 0. The number of nitrogens with one attached hydrogen (secondary N) is 2. The van der Waals surface area contributed by atoms with E-state index >= 15 is 0 Å². The minimum atomic E-state index is -0.587. The molecule has 0 aliphatic carbocycles. The maximum absolute atomic E-state index is 12.4. The summed E-state index contributed by atoms with van der Waals surface area (Å²) < 4.78 is 0. The van der Waals surface area contributed by atoms with Crippen molar-refractivity contribution in [2.24, 2.45) is 25.0 Å². The Labute approximate surface area is 349 Å². The number of anilines is 1. The van der Waals surface area contributed by atoms with Crippen LogP contribution < -0.4 is 15.6 Å². The fraction of sp³-hybridized carbons (Fsp3) is 0.277. The molecule has 1 amide bonds. The molecule has 4 aromatic carbocycles. The molecular formula is C47H45CuN9O. The standard InChI is InChI=1S/C47H46N9O.Cu/c1-11-36(57)48-27-15-19-31-35(23-27)44-55-39-30-18-14-26(47(8,9)10)22-34(30)42(53-39)51-37-28-16-12-24(45(2,3)4)20-32(28)41(49-37)50-38-29-17-13-25(46(5,6)7)21-33(29)43(52-38)54-40(31)56-44;/h11-23,44H,1H2,2-10H3,(H3-,48,49,50,51,52,53,54,55,56,57);/q-1;+2/p-1. The number of fused-ring (bicyclic) bond motifs is 18. The average molecular weight is 815 g/mol. The smallest absolute Gasteiger partial charge is 0.440 e. The van der Waals surface area contributed by atoms with E-state index in [-0.39, 0.29) is 39.2 Å². The summed E-state index contributed by atoms with van der Waals surface area (Å²) in [5.74, 6) is 3.49. The maximum atomic E-state index is 12.4. The van der Waals surface area contributed by atoms with E-state index in [0.717, 1.165) is 55.3 Å². The van der Waals surface area contributed by atoms with Gasteiger partial charge in [0.25, 0.3) is 0 Å². The molecule has 4 aliphatic rings. The summed E-state index contributed by atoms with van der Waals surface area (Å²) in [6.07, 6.45) is 0.665. The molecule has 5 heterocycles. The van der Waals surface area contributed by atoms with Crippen LogP contribution in [0.25, 0.3) is 16.1 Å². The molecule has 0 saturated heterocycles. The molecule has 11 heteroatoms. The number of hydrogen-bond acceptors (Lipinski definition) is 7. The second-order valence-corrected chi connectivity index (χ2v) is 18.2. The first-order valence-electron chi connectivity index (χ1n) is 19.3. The molecule has 295 valence electrons. The normalized spacial score (nSPS) is 18.4. The largest absolute Gasteiger partial charge is 2.00 e. The number of benzene rings is 4. The Morgan fingerprint density at radius 2 is 1.19 bits per heavy atom. The molecule has 5 aromatic rings. The molecule has 1 aromatic heterocycles. The van der Waals surface area contributed by atoms with Crippen molar-refractivity contribution in [1.29, 1.82) is 0 Å². The van der Waals surface area contributed by atoms with Gasteiger partial charge in [-0.15, -0.1) is 0 Å². The summed E-state index contributed by atoms with van der Waals surface area (Å²) in [4.78, 5) is 43.4. The van der Waals surface area contributed by atoms with Crippen LogP contribution in [0.5, 0.6) is 0 Å². The predicted octanol–water partition coefficient (Wildman–Crippen LogP) is 9.92. The van der Waals surface area contributed by atoms with E-state index in [2.05, 4.69) is 134 Å². The summed E-state index contributed by atoms with van der Waals surface area (Å²) in [5.41, 5.74) is 8.97. The number of amides is 1. The third kappa shape index (κ3) is 6.72. The van der Waals surface area contributed by atoms with Crippen LogP contribution in [0.2, 0.25) is 0 Å². The quantitative estimate of drug-likeness (QED) is 0.136. The molecule has 1 atom stereocenters. The van der Waals surface area contributed by atoms with E-state index in [1.54, 1.807) is 0 Å². The van der Waals surface area contributed by atoms with Crippen molar-refractivity contribution in [2.45, 2.75) is 84.7 Å². The number of aliphatic imine (C=N–C) groups is 5. The molecule has 4 aliphatic heterocycles. The molecule has 1 radical (unpaired) electrons. The van der Waals surface area contributed by atoms with Gasteiger partial charge in [0.2, 0.25) is 5.91 Å². The van der Waals surface area contributed by atoms with Crippen molar-refractivity contribution in [2.75, 3.05) is 5.32 Å². The van der Waals surface area contributed by atoms with Crippen LogP contribution in [0.4, 0.5) is 17.3 Å². The number of hydrogen-bond donors (Lipinski definition) is 2. The van der Waals surface area contributed by atoms with Crippen LogP contribution in [0.3, 0.4) is 0 Å². The maximum Gasteiger partial charge on any atom is 2.00 e. The van der Waals surface area contributed by atoms with Crippen molar-refractivity contribution in [3.05, 3.63) is 141 Å². The van der Waals surface area contributed by atoms with Gasteiger partial charge in [0.1, 0.15) is 5.84 Å². The van der Waals surface area contributed by atoms with E-state index in [4.69, 9.17) is 35.3 Å². The number of amidine groups is 5. The Balaban J connectivity index is 0.00000469. The number of rotatable bonds is 2. The number of carbonyl (C=O) groups is 1. The molecule has 58 heavy (non-hydrogen) atoms. The van der Waals surface area contributed by atoms with Gasteiger partial charge in [0.15, 0.2) is 0 Å². The molecule has 0 fully saturated rings. The van der Waals surface area contributed by atoms with Crippen molar-refractivity contribution in [3.63, 3.8) is 0 Å². The van der Waals surface area contributed by atoms with E-state index in [1.165, 1.54) is 11.6 Å². The van der Waals surface area contributed by atoms with Crippen molar-refractivity contribution < 1.29 is 21.9 Å². The third-order valence-corrected chi connectivity index (χ3v) is 11.0. The van der Waals surface area contributed by atoms with Crippen LogP contribution >= 0.6 is 0 Å². The Kier molecular flexibility index (Phi) is 9.14. The van der Waals surface area contributed by atoms with E-state index in [1.807, 2.05) is 18.2 Å². The van der Waals surface area contributed by atoms with Gasteiger partial charge in [0, 0.05) is 39.6 Å². The zero-order valence-electron chi connectivity index (χ0n) is 34.1. The van der Waals surface area contributed by atoms with Gasteiger partial charge >= 0.3 is 17.1 Å². The van der Waals surface area contributed by atoms with Crippen molar-refractivity contribution >= 4 is 63.2 Å². The average Bonchev–Trinajstić information content (AvgIpc) is 3.88. The second-order valence-electron chi connectivity index (χ2n) is 18.2. The van der Waals surface area contributed by atoms with Crippen LogP contribution in [-0.2, 0) is 38.1 Å². The van der Waals surface area contributed by atoms with Crippen molar-refractivity contribution in [3.8, 4) is 0 Å². The SMILES string of the molecule is C=CC(=O)Nc1ccc2c(c1)C1[N-]C2=NC2=N/C(=N\c3[n-]c(c4ccc(C(C)(C)C)cc34)/N=C3\N=C(N1)c1ccc(C(C)(C)C)cc13)c1ccc(C(C)(C)C)cc12.[Cu+2]. The Morgan fingerprint density at radius 3 is 1.84 bits per heavy atom. The summed E-state index contributed by atoms with van der Waals surface area (Å²) >= 11 is 0. The van der Waals surface area contributed by atoms with Crippen LogP contribution in [-0.4, -0.2) is 35.1 Å². The van der Waals surface area contributed by atoms with E-state index in [9.17, 15) is 4.79 Å². The van der Waals surface area contributed by atoms with Gasteiger partial charge in [-0.3, -0.25) is 4.79 Å². The third-order valence-electron chi connectivity index (χ3n) is 11.0. The zero-order chi connectivity index (χ0) is 40.2. The van der Waals surface area contributed by atoms with E-state index < -0.39 is 6.17 Å². The fourth-order valence-corrected chi connectivity index (χ4v) is 7.54. The zero-order valence-corrected chi connectivity index (χ0v) is 35.1. The minimum Gasteiger partial charge on any atom is -0.440 e. The topological polar surface area (TPSA) is 131 Å².